The summed E-state index contributed by atoms with van der Waals surface area (Å²) in [6.07, 6.45) is 3.28. The van der Waals surface area contributed by atoms with Crippen LogP contribution in [0.2, 0.25) is 0 Å². The predicted octanol–water partition coefficient (Wildman–Crippen LogP) is 2.47. The van der Waals surface area contributed by atoms with Crippen LogP contribution in [0.1, 0.15) is 32.8 Å². The molecule has 21 heavy (non-hydrogen) atoms. The molecule has 0 saturated heterocycles. The number of carbonyl (C=O) groups is 2. The summed E-state index contributed by atoms with van der Waals surface area (Å²) in [4.78, 5) is 22.4. The maximum Gasteiger partial charge on any atom is 0.328 e. The number of amides is 1. The highest BCUT2D eigenvalue weighted by Gasteiger charge is 2.18. The van der Waals surface area contributed by atoms with E-state index in [0.29, 0.717) is 11.3 Å². The third kappa shape index (κ3) is 6.12. The number of ether oxygens (including phenoxy) is 1. The van der Waals surface area contributed by atoms with E-state index in [0.717, 1.165) is 12.5 Å². The number of hydrogen-bond donors (Lipinski definition) is 2. The number of benzene rings is 1. The van der Waals surface area contributed by atoms with Gasteiger partial charge in [-0.1, -0.05) is 25.1 Å². The number of para-hydroxylation sites is 1. The third-order valence-corrected chi connectivity index (χ3v) is 3.04. The van der Waals surface area contributed by atoms with Crippen molar-refractivity contribution in [1.29, 1.82) is 0 Å². The first-order valence-corrected chi connectivity index (χ1v) is 6.78. The molecular weight excluding hydrogens is 270 g/mol. The highest BCUT2D eigenvalue weighted by Crippen LogP contribution is 2.19. The zero-order valence-electron chi connectivity index (χ0n) is 12.6. The van der Waals surface area contributed by atoms with Crippen molar-refractivity contribution in [3.63, 3.8) is 0 Å². The molecule has 114 valence electrons. The molecule has 1 rings (SSSR count). The van der Waals surface area contributed by atoms with E-state index in [1.165, 1.54) is 6.08 Å². The monoisotopic (exact) mass is 291 g/mol. The van der Waals surface area contributed by atoms with Gasteiger partial charge in [-0.25, -0.2) is 4.79 Å². The van der Waals surface area contributed by atoms with E-state index in [9.17, 15) is 9.59 Å². The summed E-state index contributed by atoms with van der Waals surface area (Å²) in [6.45, 7) is 5.76. The Labute approximate surface area is 124 Å². The number of nitrogens with one attached hydrogen (secondary N) is 1. The lowest BCUT2D eigenvalue weighted by Crippen LogP contribution is -2.44. The fourth-order valence-electron chi connectivity index (χ4n) is 1.56. The first-order chi connectivity index (χ1) is 9.84. The van der Waals surface area contributed by atoms with Gasteiger partial charge >= 0.3 is 5.97 Å². The van der Waals surface area contributed by atoms with Crippen LogP contribution in [-0.2, 0) is 9.59 Å². The molecule has 2 N–H and O–H groups in total. The summed E-state index contributed by atoms with van der Waals surface area (Å²) in [7, 11) is 0. The van der Waals surface area contributed by atoms with Crippen LogP contribution in [0, 0.1) is 0 Å². The van der Waals surface area contributed by atoms with E-state index < -0.39 is 5.97 Å². The van der Waals surface area contributed by atoms with Crippen LogP contribution in [0.5, 0.6) is 5.75 Å². The zero-order chi connectivity index (χ0) is 15.9. The van der Waals surface area contributed by atoms with Crippen molar-refractivity contribution in [2.45, 2.75) is 32.7 Å². The SMILES string of the molecule is CCC(C)(C)NC(=O)COc1ccccc1C=CC(=O)O. The van der Waals surface area contributed by atoms with Gasteiger partial charge in [-0.05, 0) is 32.4 Å². The summed E-state index contributed by atoms with van der Waals surface area (Å²) in [5, 5.41) is 11.5. The van der Waals surface area contributed by atoms with Crippen molar-refractivity contribution in [3.8, 4) is 5.75 Å². The van der Waals surface area contributed by atoms with Crippen LogP contribution in [0.4, 0.5) is 0 Å². The van der Waals surface area contributed by atoms with Gasteiger partial charge in [0, 0.05) is 17.2 Å². The Morgan fingerprint density at radius 3 is 2.62 bits per heavy atom. The van der Waals surface area contributed by atoms with E-state index in [1.54, 1.807) is 24.3 Å². The fourth-order valence-corrected chi connectivity index (χ4v) is 1.56. The van der Waals surface area contributed by atoms with Crippen LogP contribution in [0.25, 0.3) is 6.08 Å². The van der Waals surface area contributed by atoms with Crippen molar-refractivity contribution < 1.29 is 19.4 Å². The van der Waals surface area contributed by atoms with E-state index >= 15 is 0 Å². The number of carboxylic acids is 1. The van der Waals surface area contributed by atoms with E-state index in [2.05, 4.69) is 5.32 Å². The second kappa shape index (κ2) is 7.47. The first-order valence-electron chi connectivity index (χ1n) is 6.78. The van der Waals surface area contributed by atoms with Crippen LogP contribution in [-0.4, -0.2) is 29.1 Å². The molecule has 5 nitrogen and oxygen atoms in total. The number of hydrogen-bond acceptors (Lipinski definition) is 3. The molecule has 0 radical (unpaired) electrons. The third-order valence-electron chi connectivity index (χ3n) is 3.04. The highest BCUT2D eigenvalue weighted by atomic mass is 16.5. The van der Waals surface area contributed by atoms with Gasteiger partial charge in [0.1, 0.15) is 5.75 Å². The predicted molar refractivity (Wildman–Crippen MR) is 81.1 cm³/mol. The van der Waals surface area contributed by atoms with Crippen molar-refractivity contribution >= 4 is 18.0 Å². The molecule has 0 aliphatic rings. The Morgan fingerprint density at radius 2 is 2.00 bits per heavy atom. The minimum Gasteiger partial charge on any atom is -0.483 e. The number of carboxylic acid groups (broad SMARTS) is 1. The lowest BCUT2D eigenvalue weighted by molar-refractivity contribution is -0.131. The molecule has 0 unspecified atom stereocenters. The largest absolute Gasteiger partial charge is 0.483 e. The minimum absolute atomic E-state index is 0.110. The second-order valence-electron chi connectivity index (χ2n) is 5.28. The Bertz CT molecular complexity index is 535. The Kier molecular flexibility index (Phi) is 5.96. The first kappa shape index (κ1) is 16.8. The number of rotatable bonds is 7. The van der Waals surface area contributed by atoms with Gasteiger partial charge in [0.05, 0.1) is 0 Å². The van der Waals surface area contributed by atoms with E-state index in [-0.39, 0.29) is 18.1 Å². The second-order valence-corrected chi connectivity index (χ2v) is 5.28. The standard InChI is InChI=1S/C16H21NO4/c1-4-16(2,3)17-14(18)11-21-13-8-6-5-7-12(13)9-10-15(19)20/h5-10H,4,11H2,1-3H3,(H,17,18)(H,19,20). The molecule has 0 heterocycles. The van der Waals surface area contributed by atoms with Gasteiger partial charge in [-0.3, -0.25) is 4.79 Å². The lowest BCUT2D eigenvalue weighted by Gasteiger charge is -2.24. The lowest BCUT2D eigenvalue weighted by atomic mass is 10.0. The van der Waals surface area contributed by atoms with Crippen molar-refractivity contribution in [3.05, 3.63) is 35.9 Å². The van der Waals surface area contributed by atoms with Crippen LogP contribution in [0.3, 0.4) is 0 Å². The maximum absolute atomic E-state index is 11.8. The Hall–Kier alpha value is -2.30. The Morgan fingerprint density at radius 1 is 1.33 bits per heavy atom. The van der Waals surface area contributed by atoms with Crippen LogP contribution < -0.4 is 10.1 Å². The summed E-state index contributed by atoms with van der Waals surface area (Å²) in [6, 6.07) is 6.96. The summed E-state index contributed by atoms with van der Waals surface area (Å²) in [5.41, 5.74) is 0.339. The highest BCUT2D eigenvalue weighted by molar-refractivity contribution is 5.86. The van der Waals surface area contributed by atoms with Crippen LogP contribution in [0.15, 0.2) is 30.3 Å². The van der Waals surface area contributed by atoms with E-state index in [1.807, 2.05) is 20.8 Å². The molecule has 0 fully saturated rings. The smallest absolute Gasteiger partial charge is 0.328 e. The summed E-state index contributed by atoms with van der Waals surface area (Å²) >= 11 is 0. The minimum atomic E-state index is -1.03. The number of carbonyl (C=O) groups excluding carboxylic acids is 1. The zero-order valence-corrected chi connectivity index (χ0v) is 12.6. The molecule has 0 spiro atoms. The van der Waals surface area contributed by atoms with Crippen molar-refractivity contribution in [1.82, 2.24) is 5.32 Å². The topological polar surface area (TPSA) is 75.6 Å². The normalized spacial score (nSPS) is 11.4. The van der Waals surface area contributed by atoms with Gasteiger partial charge in [-0.2, -0.15) is 0 Å². The molecule has 0 aromatic heterocycles. The molecule has 0 atom stereocenters. The van der Waals surface area contributed by atoms with Gasteiger partial charge in [0.25, 0.3) is 5.91 Å². The Balaban J connectivity index is 2.67. The molecule has 0 bridgehead atoms. The fraction of sp³-hybridized carbons (Fsp3) is 0.375. The maximum atomic E-state index is 11.8. The van der Waals surface area contributed by atoms with Crippen LogP contribution >= 0.6 is 0 Å². The molecular formula is C16H21NO4. The molecule has 0 aliphatic heterocycles. The van der Waals surface area contributed by atoms with Gasteiger partial charge < -0.3 is 15.2 Å². The molecule has 0 aliphatic carbocycles. The quantitative estimate of drug-likeness (QED) is 0.757. The molecule has 1 aromatic rings. The molecule has 0 saturated carbocycles. The molecule has 1 aromatic carbocycles. The molecule has 1 amide bonds. The van der Waals surface area contributed by atoms with Gasteiger partial charge in [-0.15, -0.1) is 0 Å². The van der Waals surface area contributed by atoms with Crippen molar-refractivity contribution in [2.75, 3.05) is 6.61 Å². The van der Waals surface area contributed by atoms with Crippen molar-refractivity contribution in [2.24, 2.45) is 0 Å². The van der Waals surface area contributed by atoms with E-state index in [4.69, 9.17) is 9.84 Å². The average molecular weight is 291 g/mol. The summed E-state index contributed by atoms with van der Waals surface area (Å²) in [5.74, 6) is -0.773. The summed E-state index contributed by atoms with van der Waals surface area (Å²) < 4.78 is 5.47. The number of aliphatic carboxylic acids is 1. The van der Waals surface area contributed by atoms with Gasteiger partial charge in [0.2, 0.25) is 0 Å². The average Bonchev–Trinajstić information content (AvgIpc) is 2.43. The van der Waals surface area contributed by atoms with Gasteiger partial charge in [0.15, 0.2) is 6.61 Å². The molecule has 5 heteroatoms.